The van der Waals surface area contributed by atoms with Gasteiger partial charge in [-0.1, -0.05) is 152 Å². The van der Waals surface area contributed by atoms with Crippen LogP contribution in [0.15, 0.2) is 200 Å². The lowest BCUT2D eigenvalue weighted by molar-refractivity contribution is 0.465. The summed E-state index contributed by atoms with van der Waals surface area (Å²) in [4.78, 5) is 2.46. The minimum absolute atomic E-state index is 0.0957. The molecule has 4 aliphatic heterocycles. The first-order valence-corrected chi connectivity index (χ1v) is 20.6. The number of hydrogen-bond acceptors (Lipinski definition) is 4. The predicted molar refractivity (Wildman–Crippen MR) is 246 cm³/mol. The molecule has 4 heterocycles. The number of para-hydroxylation sites is 3. The number of benzene rings is 9. The molecule has 0 aliphatic carbocycles. The van der Waals surface area contributed by atoms with Gasteiger partial charge in [-0.2, -0.15) is 0 Å². The van der Waals surface area contributed by atoms with Crippen molar-refractivity contribution in [1.82, 2.24) is 0 Å². The van der Waals surface area contributed by atoms with E-state index in [4.69, 9.17) is 14.2 Å². The van der Waals surface area contributed by atoms with Crippen LogP contribution in [0, 0.1) is 0 Å². The van der Waals surface area contributed by atoms with Crippen LogP contribution in [0.5, 0.6) is 34.5 Å². The first-order chi connectivity index (χ1) is 29.7. The molecule has 0 N–H and O–H groups in total. The first kappa shape index (κ1) is 33.3. The number of hydrogen-bond donors (Lipinski definition) is 0. The molecule has 278 valence electrons. The van der Waals surface area contributed by atoms with E-state index >= 15 is 0 Å². The lowest BCUT2D eigenvalue weighted by atomic mass is 9.31. The van der Waals surface area contributed by atoms with E-state index in [9.17, 15) is 0 Å². The number of rotatable bonds is 4. The lowest BCUT2D eigenvalue weighted by Gasteiger charge is -2.42. The molecule has 9 aromatic rings. The van der Waals surface area contributed by atoms with E-state index in [0.717, 1.165) is 112 Å². The van der Waals surface area contributed by atoms with Crippen LogP contribution in [0.1, 0.15) is 0 Å². The zero-order valence-corrected chi connectivity index (χ0v) is 32.4. The fraction of sp³-hybridized carbons (Fsp3) is 0. The van der Waals surface area contributed by atoms with E-state index in [1.165, 1.54) is 5.46 Å². The molecule has 0 saturated carbocycles. The summed E-state index contributed by atoms with van der Waals surface area (Å²) in [5, 5.41) is 0. The number of anilines is 3. The van der Waals surface area contributed by atoms with E-state index in [1.807, 2.05) is 6.07 Å². The molecule has 0 spiro atoms. The number of nitrogens with zero attached hydrogens (tertiary/aromatic N) is 1. The summed E-state index contributed by atoms with van der Waals surface area (Å²) in [5.41, 5.74) is 16.7. The Bertz CT molecular complexity index is 3210. The topological polar surface area (TPSA) is 30.9 Å². The monoisotopic (exact) mass is 765 g/mol. The van der Waals surface area contributed by atoms with Crippen molar-refractivity contribution in [1.29, 1.82) is 0 Å². The van der Waals surface area contributed by atoms with Gasteiger partial charge in [0.15, 0.2) is 0 Å². The molecule has 0 unspecified atom stereocenters. The molecular formula is C54H33B2NO3. The standard InChI is InChI=1S/C54H33B2NO3/c1-4-16-34(17-5-1)37-28-46-53-50(29-37)58-47-26-14-11-23-40(47)55(53)42-32-43-49(33-45(42)57(46)44-25-13-10-22-39(44)36-20-8-3-9-21-36)60-52-31-38(35-18-6-2-7-19-35)30-51-54(52)56(43)41-24-12-15-27-48(41)59-51/h1-33H. The van der Waals surface area contributed by atoms with Crippen molar-refractivity contribution < 1.29 is 14.2 Å². The van der Waals surface area contributed by atoms with Gasteiger partial charge in [0.2, 0.25) is 0 Å². The predicted octanol–water partition coefficient (Wildman–Crippen LogP) is 9.82. The summed E-state index contributed by atoms with van der Waals surface area (Å²) in [6.07, 6.45) is 0. The Morgan fingerprint density at radius 2 is 0.767 bits per heavy atom. The molecule has 9 aromatic carbocycles. The zero-order chi connectivity index (χ0) is 39.3. The highest BCUT2D eigenvalue weighted by Crippen LogP contribution is 2.47. The Kier molecular flexibility index (Phi) is 7.16. The van der Waals surface area contributed by atoms with Gasteiger partial charge in [0.1, 0.15) is 34.5 Å². The SMILES string of the molecule is c1ccc(-c2cc3c4c(c2)Oc2cc5c(cc2B4c2ccccc2O3)B2c3ccccc3Oc3cc(-c4ccccc4)cc(c32)N5c2ccccc2-c2ccccc2)cc1. The van der Waals surface area contributed by atoms with Gasteiger partial charge in [-0.25, -0.2) is 0 Å². The highest BCUT2D eigenvalue weighted by Gasteiger charge is 2.46. The van der Waals surface area contributed by atoms with Crippen molar-refractivity contribution in [3.63, 3.8) is 0 Å². The second-order valence-corrected chi connectivity index (χ2v) is 15.9. The first-order valence-electron chi connectivity index (χ1n) is 20.6. The highest BCUT2D eigenvalue weighted by molar-refractivity contribution is 7.01. The third-order valence-electron chi connectivity index (χ3n) is 12.6. The van der Waals surface area contributed by atoms with Gasteiger partial charge in [0.05, 0.1) is 5.69 Å². The number of fused-ring (bicyclic) bond motifs is 8. The molecule has 13 rings (SSSR count). The maximum absolute atomic E-state index is 7.19. The summed E-state index contributed by atoms with van der Waals surface area (Å²) < 4.78 is 20.9. The summed E-state index contributed by atoms with van der Waals surface area (Å²) in [7, 11) is 0. The van der Waals surface area contributed by atoms with Crippen molar-refractivity contribution in [2.24, 2.45) is 0 Å². The molecule has 60 heavy (non-hydrogen) atoms. The van der Waals surface area contributed by atoms with Gasteiger partial charge >= 0.3 is 0 Å². The smallest absolute Gasteiger partial charge is 0.260 e. The molecule has 0 amide bonds. The quantitative estimate of drug-likeness (QED) is 0.167. The summed E-state index contributed by atoms with van der Waals surface area (Å²) >= 11 is 0. The Balaban J connectivity index is 1.11. The van der Waals surface area contributed by atoms with Crippen molar-refractivity contribution in [2.75, 3.05) is 4.90 Å². The Labute approximate surface area is 349 Å². The minimum atomic E-state index is -0.0970. The molecule has 0 saturated heterocycles. The third-order valence-corrected chi connectivity index (χ3v) is 12.6. The summed E-state index contributed by atoms with van der Waals surface area (Å²) in [6.45, 7) is -0.193. The van der Waals surface area contributed by atoms with Crippen LogP contribution in [-0.2, 0) is 0 Å². The molecule has 0 aromatic heterocycles. The van der Waals surface area contributed by atoms with Crippen LogP contribution in [0.3, 0.4) is 0 Å². The second kappa shape index (κ2) is 12.9. The fourth-order valence-electron chi connectivity index (χ4n) is 10.0. The molecule has 0 fully saturated rings. The van der Waals surface area contributed by atoms with Crippen molar-refractivity contribution >= 4 is 63.3 Å². The Morgan fingerprint density at radius 3 is 1.40 bits per heavy atom. The van der Waals surface area contributed by atoms with Crippen molar-refractivity contribution in [3.05, 3.63) is 200 Å². The van der Waals surface area contributed by atoms with Crippen LogP contribution in [0.2, 0.25) is 0 Å². The fourth-order valence-corrected chi connectivity index (χ4v) is 10.0. The van der Waals surface area contributed by atoms with Crippen LogP contribution < -0.4 is 51.9 Å². The van der Waals surface area contributed by atoms with Gasteiger partial charge in [-0.15, -0.1) is 0 Å². The molecule has 4 aliphatic rings. The van der Waals surface area contributed by atoms with E-state index < -0.39 is 0 Å². The van der Waals surface area contributed by atoms with Crippen LogP contribution in [0.25, 0.3) is 33.4 Å². The van der Waals surface area contributed by atoms with Gasteiger partial charge in [0, 0.05) is 28.5 Å². The van der Waals surface area contributed by atoms with E-state index in [-0.39, 0.29) is 13.4 Å². The average molecular weight is 765 g/mol. The Hall–Kier alpha value is -7.69. The Morgan fingerprint density at radius 1 is 0.283 bits per heavy atom. The van der Waals surface area contributed by atoms with E-state index in [2.05, 4.69) is 199 Å². The molecule has 0 radical (unpaired) electrons. The minimum Gasteiger partial charge on any atom is -0.458 e. The second-order valence-electron chi connectivity index (χ2n) is 15.9. The largest absolute Gasteiger partial charge is 0.458 e. The molecule has 4 nitrogen and oxygen atoms in total. The average Bonchev–Trinajstić information content (AvgIpc) is 3.31. The van der Waals surface area contributed by atoms with Gasteiger partial charge in [0.25, 0.3) is 13.4 Å². The molecule has 6 heteroatoms. The number of ether oxygens (including phenoxy) is 3. The van der Waals surface area contributed by atoms with Gasteiger partial charge in [-0.05, 0) is 97.6 Å². The van der Waals surface area contributed by atoms with Crippen LogP contribution in [0.4, 0.5) is 17.1 Å². The van der Waals surface area contributed by atoms with Crippen LogP contribution in [-0.4, -0.2) is 13.4 Å². The summed E-state index contributed by atoms with van der Waals surface area (Å²) in [5.74, 6) is 5.10. The lowest BCUT2D eigenvalue weighted by Crippen LogP contribution is -2.62. The van der Waals surface area contributed by atoms with Crippen molar-refractivity contribution in [3.8, 4) is 67.9 Å². The third kappa shape index (κ3) is 4.94. The van der Waals surface area contributed by atoms with Crippen molar-refractivity contribution in [2.45, 2.75) is 0 Å². The molecule has 0 atom stereocenters. The normalized spacial score (nSPS) is 13.3. The molecule has 0 bridgehead atoms. The van der Waals surface area contributed by atoms with Gasteiger partial charge < -0.3 is 19.1 Å². The molecular weight excluding hydrogens is 732 g/mol. The maximum Gasteiger partial charge on any atom is 0.260 e. The van der Waals surface area contributed by atoms with E-state index in [0.29, 0.717) is 0 Å². The van der Waals surface area contributed by atoms with E-state index in [1.54, 1.807) is 0 Å². The van der Waals surface area contributed by atoms with Crippen LogP contribution >= 0.6 is 0 Å². The summed E-state index contributed by atoms with van der Waals surface area (Å²) in [6, 6.07) is 71.2. The van der Waals surface area contributed by atoms with Gasteiger partial charge in [-0.3, -0.25) is 0 Å². The highest BCUT2D eigenvalue weighted by atomic mass is 16.5. The zero-order valence-electron chi connectivity index (χ0n) is 32.4. The maximum atomic E-state index is 7.19.